The SMILES string of the molecule is NC(=S)c1cccc(C(=O)NC2CCS(=O)(=O)C2)c1. The highest BCUT2D eigenvalue weighted by atomic mass is 32.2. The molecule has 1 aromatic rings. The Balaban J connectivity index is 2.08. The van der Waals surface area contributed by atoms with Crippen LogP contribution in [0.15, 0.2) is 24.3 Å². The van der Waals surface area contributed by atoms with E-state index in [1.807, 2.05) is 0 Å². The van der Waals surface area contributed by atoms with Gasteiger partial charge in [0.2, 0.25) is 0 Å². The van der Waals surface area contributed by atoms with E-state index in [1.54, 1.807) is 24.3 Å². The molecule has 1 aliphatic heterocycles. The van der Waals surface area contributed by atoms with Crippen LogP contribution in [0.1, 0.15) is 22.3 Å². The van der Waals surface area contributed by atoms with Gasteiger partial charge in [-0.15, -0.1) is 0 Å². The average molecular weight is 298 g/mol. The van der Waals surface area contributed by atoms with Gasteiger partial charge in [0.05, 0.1) is 11.5 Å². The number of thiocarbonyl (C=S) groups is 1. The number of carbonyl (C=O) groups is 1. The fraction of sp³-hybridized carbons (Fsp3) is 0.333. The van der Waals surface area contributed by atoms with Crippen molar-refractivity contribution in [3.63, 3.8) is 0 Å². The Labute approximate surface area is 117 Å². The molecule has 3 N–H and O–H groups in total. The smallest absolute Gasteiger partial charge is 0.251 e. The van der Waals surface area contributed by atoms with Gasteiger partial charge in [-0.25, -0.2) is 8.42 Å². The van der Waals surface area contributed by atoms with Crippen molar-refractivity contribution < 1.29 is 13.2 Å². The zero-order valence-corrected chi connectivity index (χ0v) is 11.8. The third-order valence-corrected chi connectivity index (χ3v) is 4.98. The van der Waals surface area contributed by atoms with E-state index in [9.17, 15) is 13.2 Å². The van der Waals surface area contributed by atoms with Gasteiger partial charge in [-0.2, -0.15) is 0 Å². The Morgan fingerprint density at radius 1 is 1.37 bits per heavy atom. The third-order valence-electron chi connectivity index (χ3n) is 2.98. The van der Waals surface area contributed by atoms with Gasteiger partial charge in [-0.05, 0) is 18.6 Å². The average Bonchev–Trinajstić information content (AvgIpc) is 2.68. The molecule has 5 nitrogen and oxygen atoms in total. The molecule has 0 bridgehead atoms. The summed E-state index contributed by atoms with van der Waals surface area (Å²) in [6.45, 7) is 0. The van der Waals surface area contributed by atoms with Crippen LogP contribution in [-0.4, -0.2) is 36.9 Å². The molecule has 1 aromatic carbocycles. The molecule has 1 fully saturated rings. The van der Waals surface area contributed by atoms with Crippen molar-refractivity contribution in [2.45, 2.75) is 12.5 Å². The standard InChI is InChI=1S/C12H14N2O3S2/c13-11(18)8-2-1-3-9(6-8)12(15)14-10-4-5-19(16,17)7-10/h1-3,6,10H,4-5,7H2,(H2,13,18)(H,14,15). The molecular weight excluding hydrogens is 284 g/mol. The molecule has 1 heterocycles. The van der Waals surface area contributed by atoms with Crippen molar-refractivity contribution in [2.75, 3.05) is 11.5 Å². The summed E-state index contributed by atoms with van der Waals surface area (Å²) in [4.78, 5) is 12.2. The largest absolute Gasteiger partial charge is 0.389 e. The van der Waals surface area contributed by atoms with Crippen LogP contribution >= 0.6 is 12.2 Å². The molecule has 2 rings (SSSR count). The van der Waals surface area contributed by atoms with Gasteiger partial charge in [0.25, 0.3) is 5.91 Å². The number of benzene rings is 1. The van der Waals surface area contributed by atoms with Crippen LogP contribution in [0.5, 0.6) is 0 Å². The molecule has 0 saturated carbocycles. The van der Waals surface area contributed by atoms with Crippen molar-refractivity contribution in [1.82, 2.24) is 5.32 Å². The number of nitrogens with one attached hydrogen (secondary N) is 1. The summed E-state index contributed by atoms with van der Waals surface area (Å²) in [5, 5.41) is 2.71. The van der Waals surface area contributed by atoms with E-state index >= 15 is 0 Å². The Hall–Kier alpha value is -1.47. The zero-order valence-electron chi connectivity index (χ0n) is 10.1. The van der Waals surface area contributed by atoms with Crippen LogP contribution in [-0.2, 0) is 9.84 Å². The number of sulfone groups is 1. The van der Waals surface area contributed by atoms with Crippen LogP contribution in [0.2, 0.25) is 0 Å². The molecule has 102 valence electrons. The van der Waals surface area contributed by atoms with E-state index in [4.69, 9.17) is 18.0 Å². The normalized spacial score (nSPS) is 20.9. The first-order valence-corrected chi connectivity index (χ1v) is 8.01. The van der Waals surface area contributed by atoms with Crippen molar-refractivity contribution in [3.8, 4) is 0 Å². The lowest BCUT2D eigenvalue weighted by molar-refractivity contribution is 0.0941. The second kappa shape index (κ2) is 5.26. The lowest BCUT2D eigenvalue weighted by Gasteiger charge is -2.11. The van der Waals surface area contributed by atoms with Crippen LogP contribution in [0, 0.1) is 0 Å². The maximum absolute atomic E-state index is 12.0. The molecule has 0 spiro atoms. The summed E-state index contributed by atoms with van der Waals surface area (Å²) in [6.07, 6.45) is 0.461. The zero-order chi connectivity index (χ0) is 14.0. The van der Waals surface area contributed by atoms with Gasteiger partial charge in [-0.1, -0.05) is 24.4 Å². The van der Waals surface area contributed by atoms with Gasteiger partial charge < -0.3 is 11.1 Å². The summed E-state index contributed by atoms with van der Waals surface area (Å²) in [5.74, 6) is -0.168. The second-order valence-corrected chi connectivity index (χ2v) is 7.19. The summed E-state index contributed by atoms with van der Waals surface area (Å²) in [6, 6.07) is 6.33. The van der Waals surface area contributed by atoms with Crippen molar-refractivity contribution in [1.29, 1.82) is 0 Å². The van der Waals surface area contributed by atoms with Gasteiger partial charge in [-0.3, -0.25) is 4.79 Å². The van der Waals surface area contributed by atoms with Gasteiger partial charge in [0.1, 0.15) is 4.99 Å². The van der Waals surface area contributed by atoms with Crippen LogP contribution in [0.3, 0.4) is 0 Å². The first-order chi connectivity index (χ1) is 8.87. The number of rotatable bonds is 3. The predicted molar refractivity (Wildman–Crippen MR) is 76.9 cm³/mol. The second-order valence-electron chi connectivity index (χ2n) is 4.52. The van der Waals surface area contributed by atoms with Crippen molar-refractivity contribution in [2.24, 2.45) is 5.73 Å². The van der Waals surface area contributed by atoms with Gasteiger partial charge >= 0.3 is 0 Å². The minimum absolute atomic E-state index is 0.00767. The molecule has 1 saturated heterocycles. The minimum atomic E-state index is -3.00. The van der Waals surface area contributed by atoms with E-state index in [0.29, 0.717) is 17.5 Å². The fourth-order valence-corrected chi connectivity index (χ4v) is 3.79. The first-order valence-electron chi connectivity index (χ1n) is 5.78. The van der Waals surface area contributed by atoms with Crippen LogP contribution in [0.25, 0.3) is 0 Å². The monoisotopic (exact) mass is 298 g/mol. The highest BCUT2D eigenvalue weighted by molar-refractivity contribution is 7.91. The summed E-state index contributed by atoms with van der Waals surface area (Å²) in [7, 11) is -3.00. The predicted octanol–water partition coefficient (Wildman–Crippen LogP) is 0.238. The van der Waals surface area contributed by atoms with Crippen LogP contribution in [0.4, 0.5) is 0 Å². The topological polar surface area (TPSA) is 89.3 Å². The van der Waals surface area contributed by atoms with E-state index in [2.05, 4.69) is 5.32 Å². The lowest BCUT2D eigenvalue weighted by atomic mass is 10.1. The van der Waals surface area contributed by atoms with E-state index in [0.717, 1.165) is 0 Å². The number of carbonyl (C=O) groups excluding carboxylic acids is 1. The Kier molecular flexibility index (Phi) is 3.86. The molecule has 1 amide bonds. The minimum Gasteiger partial charge on any atom is -0.389 e. The van der Waals surface area contributed by atoms with Crippen molar-refractivity contribution in [3.05, 3.63) is 35.4 Å². The molecule has 19 heavy (non-hydrogen) atoms. The van der Waals surface area contributed by atoms with E-state index in [1.165, 1.54) is 0 Å². The number of nitrogens with two attached hydrogens (primary N) is 1. The van der Waals surface area contributed by atoms with Crippen molar-refractivity contribution >= 4 is 33.0 Å². The molecule has 0 radical (unpaired) electrons. The molecule has 0 aromatic heterocycles. The number of hydrogen-bond acceptors (Lipinski definition) is 4. The fourth-order valence-electron chi connectivity index (χ4n) is 1.99. The third kappa shape index (κ3) is 3.51. The van der Waals surface area contributed by atoms with Gasteiger partial charge in [0.15, 0.2) is 9.84 Å². The highest BCUT2D eigenvalue weighted by Crippen LogP contribution is 2.12. The molecule has 1 unspecified atom stereocenters. The summed E-state index contributed by atoms with van der Waals surface area (Å²) >= 11 is 4.85. The molecular formula is C12H14N2O3S2. The number of hydrogen-bond donors (Lipinski definition) is 2. The molecule has 7 heteroatoms. The maximum atomic E-state index is 12.0. The Bertz CT molecular complexity index is 626. The first kappa shape index (κ1) is 14.0. The summed E-state index contributed by atoms with van der Waals surface area (Å²) in [5.41, 5.74) is 6.54. The quantitative estimate of drug-likeness (QED) is 0.780. The Morgan fingerprint density at radius 2 is 2.05 bits per heavy atom. The highest BCUT2D eigenvalue weighted by Gasteiger charge is 2.29. The molecule has 1 aliphatic rings. The van der Waals surface area contributed by atoms with E-state index < -0.39 is 9.84 Å². The molecule has 1 atom stereocenters. The van der Waals surface area contributed by atoms with E-state index in [-0.39, 0.29) is 28.4 Å². The maximum Gasteiger partial charge on any atom is 0.251 e. The van der Waals surface area contributed by atoms with Gasteiger partial charge in [0, 0.05) is 17.2 Å². The van der Waals surface area contributed by atoms with Crippen LogP contribution < -0.4 is 11.1 Å². The Morgan fingerprint density at radius 3 is 2.63 bits per heavy atom. The summed E-state index contributed by atoms with van der Waals surface area (Å²) < 4.78 is 22.6. The lowest BCUT2D eigenvalue weighted by Crippen LogP contribution is -2.35. The number of amides is 1. The molecule has 0 aliphatic carbocycles.